The molecular weight excluding hydrogens is 262 g/mol. The van der Waals surface area contributed by atoms with E-state index in [9.17, 15) is 9.90 Å². The molecule has 0 saturated heterocycles. The summed E-state index contributed by atoms with van der Waals surface area (Å²) in [6.07, 6.45) is 8.45. The lowest BCUT2D eigenvalue weighted by molar-refractivity contribution is -0.127. The van der Waals surface area contributed by atoms with Crippen molar-refractivity contribution < 1.29 is 9.90 Å². The Morgan fingerprint density at radius 1 is 1.29 bits per heavy atom. The summed E-state index contributed by atoms with van der Waals surface area (Å²) in [5.74, 6) is 0.110. The van der Waals surface area contributed by atoms with Crippen LogP contribution in [0.3, 0.4) is 0 Å². The zero-order chi connectivity index (χ0) is 15.1. The molecule has 1 aliphatic carbocycles. The number of aliphatic hydroxyl groups is 1. The third-order valence-corrected chi connectivity index (χ3v) is 3.31. The molecule has 0 heterocycles. The van der Waals surface area contributed by atoms with Crippen molar-refractivity contribution in [2.24, 2.45) is 0 Å². The standard InChI is InChI=1S/C18H21NO2/c1-2-12-19(14-15-8-4-3-5-9-15)18(21)16-10-6-7-11-17(20)13-16/h3-6,8-11,13,20H,2,7,12,14H2,1H3. The van der Waals surface area contributed by atoms with E-state index in [1.807, 2.05) is 41.3 Å². The Hall–Kier alpha value is -2.29. The highest BCUT2D eigenvalue weighted by Gasteiger charge is 2.17. The highest BCUT2D eigenvalue weighted by atomic mass is 16.3. The van der Waals surface area contributed by atoms with Gasteiger partial charge in [-0.1, -0.05) is 49.4 Å². The maximum Gasteiger partial charge on any atom is 0.254 e. The second kappa shape index (κ2) is 7.48. The molecule has 0 aliphatic heterocycles. The first kappa shape index (κ1) is 15.1. The fraction of sp³-hybridized carbons (Fsp3) is 0.278. The first-order valence-electron chi connectivity index (χ1n) is 7.31. The number of benzene rings is 1. The highest BCUT2D eigenvalue weighted by molar-refractivity contribution is 5.96. The van der Waals surface area contributed by atoms with E-state index in [0.717, 1.165) is 12.0 Å². The second-order valence-electron chi connectivity index (χ2n) is 5.08. The van der Waals surface area contributed by atoms with Gasteiger partial charge < -0.3 is 10.0 Å². The molecule has 0 unspecified atom stereocenters. The maximum atomic E-state index is 12.7. The van der Waals surface area contributed by atoms with E-state index in [2.05, 4.69) is 6.92 Å². The molecule has 21 heavy (non-hydrogen) atoms. The summed E-state index contributed by atoms with van der Waals surface area (Å²) in [7, 11) is 0. The fourth-order valence-electron chi connectivity index (χ4n) is 2.29. The molecule has 1 amide bonds. The van der Waals surface area contributed by atoms with E-state index in [0.29, 0.717) is 25.1 Å². The number of rotatable bonds is 5. The van der Waals surface area contributed by atoms with Gasteiger partial charge in [0.15, 0.2) is 0 Å². The van der Waals surface area contributed by atoms with Crippen molar-refractivity contribution in [2.75, 3.05) is 6.54 Å². The molecule has 3 heteroatoms. The van der Waals surface area contributed by atoms with Crippen LogP contribution in [0, 0.1) is 0 Å². The van der Waals surface area contributed by atoms with Crippen molar-refractivity contribution in [1.82, 2.24) is 4.90 Å². The molecule has 2 rings (SSSR count). The molecule has 1 aliphatic rings. The zero-order valence-electron chi connectivity index (χ0n) is 12.3. The average molecular weight is 283 g/mol. The molecule has 0 radical (unpaired) electrons. The number of allylic oxidation sites excluding steroid dienone is 3. The summed E-state index contributed by atoms with van der Waals surface area (Å²) >= 11 is 0. The number of hydrogen-bond donors (Lipinski definition) is 1. The Kier molecular flexibility index (Phi) is 5.38. The molecule has 0 spiro atoms. The maximum absolute atomic E-state index is 12.7. The Labute approximate surface area is 125 Å². The highest BCUT2D eigenvalue weighted by Crippen LogP contribution is 2.15. The third kappa shape index (κ3) is 4.35. The largest absolute Gasteiger partial charge is 0.508 e. The monoisotopic (exact) mass is 283 g/mol. The van der Waals surface area contributed by atoms with Crippen molar-refractivity contribution in [3.63, 3.8) is 0 Å². The minimum atomic E-state index is -0.0428. The number of hydrogen-bond acceptors (Lipinski definition) is 2. The van der Waals surface area contributed by atoms with Gasteiger partial charge in [-0.05, 0) is 30.6 Å². The Bertz CT molecular complexity index is 570. The van der Waals surface area contributed by atoms with Gasteiger partial charge in [-0.3, -0.25) is 4.79 Å². The number of nitrogens with zero attached hydrogens (tertiary/aromatic N) is 1. The van der Waals surface area contributed by atoms with E-state index < -0.39 is 0 Å². The summed E-state index contributed by atoms with van der Waals surface area (Å²) in [6, 6.07) is 9.96. The van der Waals surface area contributed by atoms with Crippen molar-refractivity contribution >= 4 is 5.91 Å². The van der Waals surface area contributed by atoms with Crippen LogP contribution in [0.5, 0.6) is 0 Å². The van der Waals surface area contributed by atoms with E-state index in [1.165, 1.54) is 0 Å². The van der Waals surface area contributed by atoms with E-state index in [4.69, 9.17) is 0 Å². The number of carbonyl (C=O) groups excluding carboxylic acids is 1. The van der Waals surface area contributed by atoms with Gasteiger partial charge in [-0.2, -0.15) is 0 Å². The van der Waals surface area contributed by atoms with Gasteiger partial charge in [-0.25, -0.2) is 0 Å². The van der Waals surface area contributed by atoms with Crippen molar-refractivity contribution in [2.45, 2.75) is 26.3 Å². The SMILES string of the molecule is CCCN(Cc1ccccc1)C(=O)C1=CC(O)=CCC=C1. The summed E-state index contributed by atoms with van der Waals surface area (Å²) in [5.41, 5.74) is 1.64. The lowest BCUT2D eigenvalue weighted by atomic mass is 10.1. The van der Waals surface area contributed by atoms with Crippen LogP contribution in [-0.2, 0) is 11.3 Å². The normalized spacial score (nSPS) is 14.1. The molecule has 0 aromatic heterocycles. The van der Waals surface area contributed by atoms with Crippen LogP contribution in [0.2, 0.25) is 0 Å². The third-order valence-electron chi connectivity index (χ3n) is 3.31. The van der Waals surface area contributed by atoms with Crippen LogP contribution < -0.4 is 0 Å². The van der Waals surface area contributed by atoms with Gasteiger partial charge in [0.05, 0.1) is 0 Å². The smallest absolute Gasteiger partial charge is 0.254 e. The van der Waals surface area contributed by atoms with E-state index in [-0.39, 0.29) is 11.7 Å². The van der Waals surface area contributed by atoms with Crippen LogP contribution in [-0.4, -0.2) is 22.5 Å². The van der Waals surface area contributed by atoms with Crippen molar-refractivity contribution in [3.8, 4) is 0 Å². The van der Waals surface area contributed by atoms with Crippen LogP contribution in [0.4, 0.5) is 0 Å². The fourth-order valence-corrected chi connectivity index (χ4v) is 2.29. The number of amides is 1. The number of carbonyl (C=O) groups is 1. The lowest BCUT2D eigenvalue weighted by Crippen LogP contribution is -2.32. The van der Waals surface area contributed by atoms with E-state index >= 15 is 0 Å². The zero-order valence-corrected chi connectivity index (χ0v) is 12.3. The lowest BCUT2D eigenvalue weighted by Gasteiger charge is -2.22. The summed E-state index contributed by atoms with van der Waals surface area (Å²) in [6.45, 7) is 3.34. The van der Waals surface area contributed by atoms with E-state index in [1.54, 1.807) is 18.2 Å². The molecule has 1 aromatic rings. The molecule has 0 bridgehead atoms. The van der Waals surface area contributed by atoms with Gasteiger partial charge in [-0.15, -0.1) is 0 Å². The van der Waals surface area contributed by atoms with Crippen molar-refractivity contribution in [1.29, 1.82) is 0 Å². The summed E-state index contributed by atoms with van der Waals surface area (Å²) < 4.78 is 0. The number of aliphatic hydroxyl groups excluding tert-OH is 1. The van der Waals surface area contributed by atoms with Crippen LogP contribution in [0.15, 0.2) is 66.0 Å². The Balaban J connectivity index is 2.17. The summed E-state index contributed by atoms with van der Waals surface area (Å²) in [4.78, 5) is 14.5. The summed E-state index contributed by atoms with van der Waals surface area (Å²) in [5, 5.41) is 9.68. The molecule has 0 fully saturated rings. The quantitative estimate of drug-likeness (QED) is 0.894. The molecule has 0 atom stereocenters. The first-order chi connectivity index (χ1) is 10.2. The minimum absolute atomic E-state index is 0.0428. The molecule has 1 N–H and O–H groups in total. The van der Waals surface area contributed by atoms with Gasteiger partial charge in [0, 0.05) is 18.7 Å². The molecular formula is C18H21NO2. The van der Waals surface area contributed by atoms with Gasteiger partial charge in [0.2, 0.25) is 0 Å². The average Bonchev–Trinajstić information content (AvgIpc) is 2.72. The predicted molar refractivity (Wildman–Crippen MR) is 84.7 cm³/mol. The van der Waals surface area contributed by atoms with Crippen LogP contribution in [0.1, 0.15) is 25.3 Å². The molecule has 0 saturated carbocycles. The Morgan fingerprint density at radius 3 is 2.76 bits per heavy atom. The van der Waals surface area contributed by atoms with Crippen LogP contribution in [0.25, 0.3) is 0 Å². The van der Waals surface area contributed by atoms with Gasteiger partial charge in [0.25, 0.3) is 5.91 Å². The Morgan fingerprint density at radius 2 is 2.05 bits per heavy atom. The minimum Gasteiger partial charge on any atom is -0.508 e. The molecule has 1 aromatic carbocycles. The topological polar surface area (TPSA) is 40.5 Å². The van der Waals surface area contributed by atoms with Crippen molar-refractivity contribution in [3.05, 3.63) is 71.5 Å². The second-order valence-corrected chi connectivity index (χ2v) is 5.08. The molecule has 110 valence electrons. The first-order valence-corrected chi connectivity index (χ1v) is 7.31. The van der Waals surface area contributed by atoms with Gasteiger partial charge in [0.1, 0.15) is 5.76 Å². The van der Waals surface area contributed by atoms with Gasteiger partial charge >= 0.3 is 0 Å². The molecule has 3 nitrogen and oxygen atoms in total. The predicted octanol–water partition coefficient (Wildman–Crippen LogP) is 3.75. The van der Waals surface area contributed by atoms with Crippen LogP contribution >= 0.6 is 0 Å².